The Balaban J connectivity index is 1.45. The van der Waals surface area contributed by atoms with Crippen LogP contribution in [0, 0.1) is 0 Å². The summed E-state index contributed by atoms with van der Waals surface area (Å²) in [6.07, 6.45) is 2.88. The molecular formula is C20H18ClN3O. The second-order valence-corrected chi connectivity index (χ2v) is 6.47. The van der Waals surface area contributed by atoms with Gasteiger partial charge in [-0.25, -0.2) is 9.97 Å². The van der Waals surface area contributed by atoms with Gasteiger partial charge in [-0.05, 0) is 42.0 Å². The highest BCUT2D eigenvalue weighted by Crippen LogP contribution is 2.22. The van der Waals surface area contributed by atoms with Crippen LogP contribution in [0.25, 0.3) is 11.4 Å². The summed E-state index contributed by atoms with van der Waals surface area (Å²) >= 11 is 5.89. The summed E-state index contributed by atoms with van der Waals surface area (Å²) in [6.45, 7) is 2.34. The molecule has 0 radical (unpaired) electrons. The molecule has 0 fully saturated rings. The Morgan fingerprint density at radius 2 is 1.84 bits per heavy atom. The Labute approximate surface area is 151 Å². The molecule has 0 spiro atoms. The van der Waals surface area contributed by atoms with Gasteiger partial charge in [-0.15, -0.1) is 0 Å². The van der Waals surface area contributed by atoms with Gasteiger partial charge >= 0.3 is 0 Å². The maximum Gasteiger partial charge on any atom is 0.159 e. The number of ether oxygens (including phenoxy) is 1. The van der Waals surface area contributed by atoms with Gasteiger partial charge in [0, 0.05) is 41.9 Å². The topological polar surface area (TPSA) is 47.0 Å². The first-order valence-electron chi connectivity index (χ1n) is 8.31. The van der Waals surface area contributed by atoms with Crippen molar-refractivity contribution in [3.05, 3.63) is 76.6 Å². The van der Waals surface area contributed by atoms with E-state index in [1.54, 1.807) is 0 Å². The largest absolute Gasteiger partial charge is 0.489 e. The zero-order valence-electron chi connectivity index (χ0n) is 13.7. The molecule has 0 atom stereocenters. The monoisotopic (exact) mass is 351 g/mol. The molecule has 0 aliphatic carbocycles. The molecule has 4 nitrogen and oxygen atoms in total. The lowest BCUT2D eigenvalue weighted by atomic mass is 10.1. The molecule has 126 valence electrons. The summed E-state index contributed by atoms with van der Waals surface area (Å²) in [5.41, 5.74) is 4.42. The summed E-state index contributed by atoms with van der Waals surface area (Å²) in [5.74, 6) is 1.59. The summed E-state index contributed by atoms with van der Waals surface area (Å²) in [6, 6.07) is 15.6. The Morgan fingerprint density at radius 3 is 2.64 bits per heavy atom. The Hall–Kier alpha value is -2.43. The Kier molecular flexibility index (Phi) is 4.63. The third-order valence-electron chi connectivity index (χ3n) is 4.24. The van der Waals surface area contributed by atoms with Crippen LogP contribution in [-0.2, 0) is 19.6 Å². The minimum Gasteiger partial charge on any atom is -0.489 e. The number of hydrogen-bond donors (Lipinski definition) is 1. The third kappa shape index (κ3) is 3.81. The Bertz CT molecular complexity index is 863. The summed E-state index contributed by atoms with van der Waals surface area (Å²) < 4.78 is 5.82. The molecule has 0 saturated carbocycles. The molecule has 2 aromatic carbocycles. The maximum atomic E-state index is 5.89. The molecular weight excluding hydrogens is 334 g/mol. The van der Waals surface area contributed by atoms with E-state index in [2.05, 4.69) is 10.3 Å². The van der Waals surface area contributed by atoms with Crippen LogP contribution in [-0.4, -0.2) is 16.5 Å². The van der Waals surface area contributed by atoms with Crippen LogP contribution in [0.2, 0.25) is 5.02 Å². The number of nitrogens with one attached hydrogen (secondary N) is 1. The van der Waals surface area contributed by atoms with E-state index in [1.807, 2.05) is 54.7 Å². The molecule has 0 saturated heterocycles. The fraction of sp³-hybridized carbons (Fsp3) is 0.200. The van der Waals surface area contributed by atoms with E-state index in [9.17, 15) is 0 Å². The van der Waals surface area contributed by atoms with Gasteiger partial charge in [-0.1, -0.05) is 23.7 Å². The van der Waals surface area contributed by atoms with Crippen molar-refractivity contribution in [2.45, 2.75) is 19.6 Å². The molecule has 3 aromatic rings. The van der Waals surface area contributed by atoms with Crippen molar-refractivity contribution >= 4 is 11.6 Å². The molecule has 5 heteroatoms. The molecule has 1 aliphatic heterocycles. The van der Waals surface area contributed by atoms with Crippen LogP contribution in [0.1, 0.15) is 16.8 Å². The van der Waals surface area contributed by atoms with E-state index in [1.165, 1.54) is 5.56 Å². The van der Waals surface area contributed by atoms with Crippen molar-refractivity contribution in [1.29, 1.82) is 0 Å². The highest BCUT2D eigenvalue weighted by molar-refractivity contribution is 6.30. The van der Waals surface area contributed by atoms with Crippen LogP contribution in [0.5, 0.6) is 5.75 Å². The van der Waals surface area contributed by atoms with Crippen LogP contribution in [0.4, 0.5) is 0 Å². The van der Waals surface area contributed by atoms with Crippen molar-refractivity contribution < 1.29 is 4.74 Å². The molecule has 1 aromatic heterocycles. The fourth-order valence-electron chi connectivity index (χ4n) is 2.82. The lowest BCUT2D eigenvalue weighted by Crippen LogP contribution is -2.24. The van der Waals surface area contributed by atoms with Crippen LogP contribution in [0.15, 0.2) is 54.7 Å². The van der Waals surface area contributed by atoms with E-state index < -0.39 is 0 Å². The van der Waals surface area contributed by atoms with E-state index in [-0.39, 0.29) is 0 Å². The second kappa shape index (κ2) is 7.21. The SMILES string of the molecule is Clc1ccc(COc2ccc(-c3ncc4c(n3)CCNC4)cc2)cc1. The average Bonchev–Trinajstić information content (AvgIpc) is 2.68. The lowest BCUT2D eigenvalue weighted by molar-refractivity contribution is 0.306. The van der Waals surface area contributed by atoms with Crippen LogP contribution < -0.4 is 10.1 Å². The first-order valence-corrected chi connectivity index (χ1v) is 8.69. The predicted octanol–water partition coefficient (Wildman–Crippen LogP) is 4.02. The quantitative estimate of drug-likeness (QED) is 0.771. The number of halogens is 1. The standard InChI is InChI=1S/C20H18ClN3O/c21-17-5-1-14(2-6-17)13-25-18-7-3-15(4-8-18)20-23-12-16-11-22-10-9-19(16)24-20/h1-8,12,22H,9-11,13H2. The zero-order valence-corrected chi connectivity index (χ0v) is 14.5. The number of fused-ring (bicyclic) bond motifs is 1. The number of rotatable bonds is 4. The van der Waals surface area contributed by atoms with Gasteiger partial charge in [0.15, 0.2) is 5.82 Å². The summed E-state index contributed by atoms with van der Waals surface area (Å²) in [4.78, 5) is 9.20. The Morgan fingerprint density at radius 1 is 1.04 bits per heavy atom. The van der Waals surface area contributed by atoms with E-state index in [4.69, 9.17) is 21.3 Å². The molecule has 0 unspecified atom stereocenters. The smallest absolute Gasteiger partial charge is 0.159 e. The number of hydrogen-bond acceptors (Lipinski definition) is 4. The third-order valence-corrected chi connectivity index (χ3v) is 4.49. The minimum absolute atomic E-state index is 0.513. The van der Waals surface area contributed by atoms with Crippen molar-refractivity contribution in [3.63, 3.8) is 0 Å². The molecule has 0 amide bonds. The predicted molar refractivity (Wildman–Crippen MR) is 98.7 cm³/mol. The van der Waals surface area contributed by atoms with Gasteiger partial charge in [0.25, 0.3) is 0 Å². The summed E-state index contributed by atoms with van der Waals surface area (Å²) in [5, 5.41) is 4.06. The van der Waals surface area contributed by atoms with Gasteiger partial charge in [0.05, 0.1) is 5.69 Å². The van der Waals surface area contributed by atoms with E-state index in [0.29, 0.717) is 6.61 Å². The van der Waals surface area contributed by atoms with Crippen LogP contribution in [0.3, 0.4) is 0 Å². The zero-order chi connectivity index (χ0) is 17.1. The molecule has 0 bridgehead atoms. The molecule has 1 aliphatic rings. The highest BCUT2D eigenvalue weighted by Gasteiger charge is 2.12. The van der Waals surface area contributed by atoms with E-state index >= 15 is 0 Å². The van der Waals surface area contributed by atoms with Gasteiger partial charge < -0.3 is 10.1 Å². The minimum atomic E-state index is 0.513. The second-order valence-electron chi connectivity index (χ2n) is 6.03. The van der Waals surface area contributed by atoms with Gasteiger partial charge in [0.1, 0.15) is 12.4 Å². The fourth-order valence-corrected chi connectivity index (χ4v) is 2.95. The molecule has 1 N–H and O–H groups in total. The number of benzene rings is 2. The van der Waals surface area contributed by atoms with Gasteiger partial charge in [-0.3, -0.25) is 0 Å². The normalized spacial score (nSPS) is 13.3. The van der Waals surface area contributed by atoms with Crippen molar-refractivity contribution in [3.8, 4) is 17.1 Å². The summed E-state index contributed by atoms with van der Waals surface area (Å²) in [7, 11) is 0. The molecule has 2 heterocycles. The molecule has 25 heavy (non-hydrogen) atoms. The lowest BCUT2D eigenvalue weighted by Gasteiger charge is -2.16. The first kappa shape index (κ1) is 16.1. The highest BCUT2D eigenvalue weighted by atomic mass is 35.5. The average molecular weight is 352 g/mol. The van der Waals surface area contributed by atoms with E-state index in [0.717, 1.165) is 52.9 Å². The van der Waals surface area contributed by atoms with Crippen molar-refractivity contribution in [2.75, 3.05) is 6.54 Å². The molecule has 4 rings (SSSR count). The van der Waals surface area contributed by atoms with Crippen molar-refractivity contribution in [1.82, 2.24) is 15.3 Å². The number of aromatic nitrogens is 2. The van der Waals surface area contributed by atoms with Crippen molar-refractivity contribution in [2.24, 2.45) is 0 Å². The van der Waals surface area contributed by atoms with Crippen LogP contribution >= 0.6 is 11.6 Å². The number of nitrogens with zero attached hydrogens (tertiary/aromatic N) is 2. The maximum absolute atomic E-state index is 5.89. The first-order chi connectivity index (χ1) is 12.3. The van der Waals surface area contributed by atoms with Gasteiger partial charge in [0.2, 0.25) is 0 Å². The van der Waals surface area contributed by atoms with Gasteiger partial charge in [-0.2, -0.15) is 0 Å².